The zero-order chi connectivity index (χ0) is 19.6. The second-order valence-electron chi connectivity index (χ2n) is 5.47. The molecule has 0 bridgehead atoms. The van der Waals surface area contributed by atoms with Crippen molar-refractivity contribution in [3.63, 3.8) is 0 Å². The van der Waals surface area contributed by atoms with Crippen LogP contribution in [-0.2, 0) is 11.0 Å². The van der Waals surface area contributed by atoms with E-state index in [4.69, 9.17) is 16.4 Å². The molecular weight excluding hydrogens is 385 g/mol. The molecule has 0 aliphatic heterocycles. The third kappa shape index (κ3) is 4.03. The molecule has 0 aliphatic rings. The number of halogens is 4. The van der Waals surface area contributed by atoms with Crippen LogP contribution >= 0.6 is 11.6 Å². The molecule has 1 N–H and O–H groups in total. The predicted molar refractivity (Wildman–Crippen MR) is 91.3 cm³/mol. The summed E-state index contributed by atoms with van der Waals surface area (Å²) in [4.78, 5) is 16.5. The average molecular weight is 397 g/mol. The molecule has 0 aliphatic carbocycles. The van der Waals surface area contributed by atoms with Gasteiger partial charge in [0, 0.05) is 6.92 Å². The lowest BCUT2D eigenvalue weighted by molar-refractivity contribution is -0.137. The first-order chi connectivity index (χ1) is 12.8. The van der Waals surface area contributed by atoms with Crippen LogP contribution in [0.2, 0.25) is 5.02 Å². The molecule has 0 radical (unpaired) electrons. The van der Waals surface area contributed by atoms with E-state index in [9.17, 15) is 18.0 Å². The zero-order valence-electron chi connectivity index (χ0n) is 13.8. The van der Waals surface area contributed by atoms with Crippen molar-refractivity contribution < 1.29 is 22.8 Å². The van der Waals surface area contributed by atoms with Gasteiger partial charge in [-0.05, 0) is 29.8 Å². The highest BCUT2D eigenvalue weighted by atomic mass is 35.5. The number of nitrogens with zero attached hydrogens (tertiary/aromatic N) is 3. The maximum Gasteiger partial charge on any atom is 0.417 e. The van der Waals surface area contributed by atoms with Crippen LogP contribution in [-0.4, -0.2) is 20.7 Å². The van der Waals surface area contributed by atoms with E-state index in [2.05, 4.69) is 15.7 Å². The fourth-order valence-corrected chi connectivity index (χ4v) is 2.68. The molecule has 1 amide bonds. The van der Waals surface area contributed by atoms with Crippen LogP contribution in [0.3, 0.4) is 0 Å². The lowest BCUT2D eigenvalue weighted by Gasteiger charge is -2.17. The summed E-state index contributed by atoms with van der Waals surface area (Å²) in [5.74, 6) is -0.324. The molecule has 1 heterocycles. The van der Waals surface area contributed by atoms with Gasteiger partial charge in [0.05, 0.1) is 21.8 Å². The Hall–Kier alpha value is -3.07. The smallest absolute Gasteiger partial charge is 0.379 e. The van der Waals surface area contributed by atoms with Crippen molar-refractivity contribution in [1.29, 1.82) is 0 Å². The third-order valence-corrected chi connectivity index (χ3v) is 3.90. The molecule has 0 saturated heterocycles. The Morgan fingerprint density at radius 2 is 1.89 bits per heavy atom. The molecule has 1 aromatic heterocycles. The largest absolute Gasteiger partial charge is 0.417 e. The van der Waals surface area contributed by atoms with E-state index in [-0.39, 0.29) is 11.3 Å². The maximum absolute atomic E-state index is 13.3. The molecule has 2 aromatic carbocycles. The fourth-order valence-electron chi connectivity index (χ4n) is 2.46. The van der Waals surface area contributed by atoms with E-state index >= 15 is 0 Å². The summed E-state index contributed by atoms with van der Waals surface area (Å²) in [6.07, 6.45) is -1.85. The van der Waals surface area contributed by atoms with Crippen LogP contribution in [0, 0.1) is 0 Å². The summed E-state index contributed by atoms with van der Waals surface area (Å²) in [5, 5.41) is 7.00. The van der Waals surface area contributed by atoms with Crippen LogP contribution in [0.15, 0.2) is 49.1 Å². The summed E-state index contributed by atoms with van der Waals surface area (Å²) in [7, 11) is 0. The normalized spacial score (nSPS) is 11.3. The Labute approximate surface area is 156 Å². The van der Waals surface area contributed by atoms with Crippen molar-refractivity contribution in [1.82, 2.24) is 20.2 Å². The van der Waals surface area contributed by atoms with Gasteiger partial charge < -0.3 is 4.84 Å². The van der Waals surface area contributed by atoms with Crippen LogP contribution in [0.5, 0.6) is 5.75 Å². The minimum absolute atomic E-state index is 0.145. The highest BCUT2D eigenvalue weighted by Crippen LogP contribution is 2.41. The summed E-state index contributed by atoms with van der Waals surface area (Å²) in [6, 6.07) is 8.30. The van der Waals surface area contributed by atoms with Crippen molar-refractivity contribution >= 4 is 17.5 Å². The van der Waals surface area contributed by atoms with Crippen LogP contribution < -0.4 is 10.3 Å². The first-order valence-electron chi connectivity index (χ1n) is 7.56. The number of hydrogen-bond acceptors (Lipinski definition) is 4. The molecule has 3 aromatic rings. The van der Waals surface area contributed by atoms with Gasteiger partial charge in [0.2, 0.25) is 5.91 Å². The van der Waals surface area contributed by atoms with Gasteiger partial charge in [0.25, 0.3) is 0 Å². The molecule has 0 fully saturated rings. The monoisotopic (exact) mass is 396 g/mol. The molecule has 27 heavy (non-hydrogen) atoms. The topological polar surface area (TPSA) is 69.0 Å². The van der Waals surface area contributed by atoms with Gasteiger partial charge in [0.15, 0.2) is 5.75 Å². The number of nitrogens with one attached hydrogen (secondary N) is 1. The van der Waals surface area contributed by atoms with Crippen LogP contribution in [0.25, 0.3) is 16.8 Å². The minimum Gasteiger partial charge on any atom is -0.379 e. The van der Waals surface area contributed by atoms with Gasteiger partial charge >= 0.3 is 6.18 Å². The number of hydrogen-bond donors (Lipinski definition) is 1. The number of benzene rings is 2. The van der Waals surface area contributed by atoms with Crippen molar-refractivity contribution in [2.45, 2.75) is 13.1 Å². The fraction of sp³-hybridized carbons (Fsp3) is 0.118. The van der Waals surface area contributed by atoms with E-state index in [0.717, 1.165) is 12.1 Å². The molecular formula is C17H12ClF3N4O2. The molecule has 140 valence electrons. The van der Waals surface area contributed by atoms with Gasteiger partial charge in [-0.15, -0.1) is 10.2 Å². The lowest BCUT2D eigenvalue weighted by atomic mass is 10.00. The van der Waals surface area contributed by atoms with E-state index < -0.39 is 22.7 Å². The van der Waals surface area contributed by atoms with Crippen LogP contribution in [0.4, 0.5) is 13.2 Å². The molecule has 0 atom stereocenters. The van der Waals surface area contributed by atoms with E-state index in [1.807, 2.05) is 0 Å². The SMILES string of the molecule is CC(=O)NOc1cccc(-n2cnnc2)c1-c1ccc(Cl)c(C(F)(F)F)c1. The first-order valence-corrected chi connectivity index (χ1v) is 7.93. The second kappa shape index (κ2) is 7.28. The highest BCUT2D eigenvalue weighted by Gasteiger charge is 2.34. The molecule has 0 unspecified atom stereocenters. The number of aromatic nitrogens is 3. The Balaban J connectivity index is 2.22. The van der Waals surface area contributed by atoms with Gasteiger partial charge in [-0.25, -0.2) is 0 Å². The van der Waals surface area contributed by atoms with E-state index in [0.29, 0.717) is 11.3 Å². The van der Waals surface area contributed by atoms with Gasteiger partial charge in [-0.2, -0.15) is 18.7 Å². The van der Waals surface area contributed by atoms with Crippen molar-refractivity contribution in [2.24, 2.45) is 0 Å². The minimum atomic E-state index is -4.63. The lowest BCUT2D eigenvalue weighted by Crippen LogP contribution is -2.24. The standard InChI is InChI=1S/C17H12ClF3N4O2/c1-10(26)24-27-15-4-2-3-14(25-8-22-23-9-25)16(15)11-5-6-13(18)12(7-11)17(19,20)21/h2-9H,1H3,(H,24,26). The van der Waals surface area contributed by atoms with Gasteiger partial charge in [0.1, 0.15) is 12.7 Å². The summed E-state index contributed by atoms with van der Waals surface area (Å²) < 4.78 is 41.3. The molecule has 3 rings (SSSR count). The number of amides is 1. The summed E-state index contributed by atoms with van der Waals surface area (Å²) in [5.41, 5.74) is 2.14. The molecule has 0 saturated carbocycles. The Kier molecular flexibility index (Phi) is 5.04. The second-order valence-corrected chi connectivity index (χ2v) is 5.88. The Morgan fingerprint density at radius 3 is 2.52 bits per heavy atom. The number of carbonyl (C=O) groups excluding carboxylic acids is 1. The number of alkyl halides is 3. The molecule has 0 spiro atoms. The quantitative estimate of drug-likeness (QED) is 0.676. The number of carbonyl (C=O) groups is 1. The third-order valence-electron chi connectivity index (χ3n) is 3.57. The highest BCUT2D eigenvalue weighted by molar-refractivity contribution is 6.31. The van der Waals surface area contributed by atoms with Crippen LogP contribution in [0.1, 0.15) is 12.5 Å². The summed E-state index contributed by atoms with van der Waals surface area (Å²) >= 11 is 5.72. The van der Waals surface area contributed by atoms with Crippen molar-refractivity contribution in [2.75, 3.05) is 0 Å². The average Bonchev–Trinajstić information content (AvgIpc) is 3.13. The zero-order valence-corrected chi connectivity index (χ0v) is 14.5. The number of hydroxylamine groups is 1. The van der Waals surface area contributed by atoms with E-state index in [1.165, 1.54) is 36.3 Å². The first kappa shape index (κ1) is 18.7. The molecule has 6 nitrogen and oxygen atoms in total. The predicted octanol–water partition coefficient (Wildman–Crippen LogP) is 4.04. The Morgan fingerprint density at radius 1 is 1.19 bits per heavy atom. The molecule has 10 heteroatoms. The van der Waals surface area contributed by atoms with Gasteiger partial charge in [-0.1, -0.05) is 23.7 Å². The van der Waals surface area contributed by atoms with Crippen molar-refractivity contribution in [3.8, 4) is 22.6 Å². The Bertz CT molecular complexity index is 975. The van der Waals surface area contributed by atoms with E-state index in [1.54, 1.807) is 12.1 Å². The van der Waals surface area contributed by atoms with Crippen molar-refractivity contribution in [3.05, 3.63) is 59.6 Å². The summed E-state index contributed by atoms with van der Waals surface area (Å²) in [6.45, 7) is 1.24. The van der Waals surface area contributed by atoms with Gasteiger partial charge in [-0.3, -0.25) is 9.36 Å². The maximum atomic E-state index is 13.3. The number of rotatable bonds is 4.